The van der Waals surface area contributed by atoms with E-state index in [2.05, 4.69) is 30.0 Å². The molecule has 1 saturated heterocycles. The maximum absolute atomic E-state index is 10.9. The molecular formula is C20H32N2O3. The molecule has 5 nitrogen and oxygen atoms in total. The maximum Gasteiger partial charge on any atom is 0.317 e. The van der Waals surface area contributed by atoms with Gasteiger partial charge in [0.1, 0.15) is 5.75 Å². The average Bonchev–Trinajstić information content (AvgIpc) is 2.82. The van der Waals surface area contributed by atoms with Crippen LogP contribution in [0.2, 0.25) is 0 Å². The van der Waals surface area contributed by atoms with Crippen molar-refractivity contribution in [3.8, 4) is 5.75 Å². The normalized spacial score (nSPS) is 18.9. The summed E-state index contributed by atoms with van der Waals surface area (Å²) in [6.45, 7) is 6.02. The molecule has 1 fully saturated rings. The van der Waals surface area contributed by atoms with E-state index in [4.69, 9.17) is 9.84 Å². The lowest BCUT2D eigenvalue weighted by Gasteiger charge is -2.26. The Labute approximate surface area is 151 Å². The van der Waals surface area contributed by atoms with Crippen LogP contribution < -0.4 is 4.74 Å². The van der Waals surface area contributed by atoms with Crippen LogP contribution in [0, 0.1) is 0 Å². The average molecular weight is 348 g/mol. The summed E-state index contributed by atoms with van der Waals surface area (Å²) < 4.78 is 5.95. The molecule has 0 aromatic heterocycles. The van der Waals surface area contributed by atoms with Crippen LogP contribution in [0.4, 0.5) is 0 Å². The number of likely N-dealkylation sites (N-methyl/N-ethyl adjacent to an activating group) is 1. The van der Waals surface area contributed by atoms with E-state index in [1.807, 2.05) is 18.0 Å². The molecule has 2 rings (SSSR count). The Morgan fingerprint density at radius 3 is 2.88 bits per heavy atom. The number of nitrogens with zero attached hydrogens (tertiary/aromatic N) is 2. The van der Waals surface area contributed by atoms with Crippen LogP contribution in [0.1, 0.15) is 44.6 Å². The van der Waals surface area contributed by atoms with Crippen molar-refractivity contribution in [2.45, 2.75) is 51.6 Å². The van der Waals surface area contributed by atoms with Gasteiger partial charge in [-0.25, -0.2) is 0 Å². The van der Waals surface area contributed by atoms with Crippen molar-refractivity contribution < 1.29 is 14.6 Å². The molecule has 25 heavy (non-hydrogen) atoms. The fourth-order valence-corrected chi connectivity index (χ4v) is 3.42. The number of unbranched alkanes of at least 4 members (excludes halogenated alkanes) is 1. The SMILES string of the molecule is CCCCOc1ccccc1CN1CCCC(N(C)CC(=O)O)CC1. The number of hydrogen-bond donors (Lipinski definition) is 1. The van der Waals surface area contributed by atoms with E-state index < -0.39 is 5.97 Å². The summed E-state index contributed by atoms with van der Waals surface area (Å²) in [7, 11) is 1.92. The maximum atomic E-state index is 10.9. The molecule has 1 unspecified atom stereocenters. The van der Waals surface area contributed by atoms with Gasteiger partial charge in [-0.3, -0.25) is 14.6 Å². The highest BCUT2D eigenvalue weighted by atomic mass is 16.5. The van der Waals surface area contributed by atoms with E-state index in [1.165, 1.54) is 5.56 Å². The molecule has 1 N–H and O–H groups in total. The molecule has 0 spiro atoms. The summed E-state index contributed by atoms with van der Waals surface area (Å²) in [4.78, 5) is 15.4. The topological polar surface area (TPSA) is 53.0 Å². The Morgan fingerprint density at radius 1 is 1.32 bits per heavy atom. The zero-order chi connectivity index (χ0) is 18.1. The molecule has 0 aliphatic carbocycles. The van der Waals surface area contributed by atoms with Crippen molar-refractivity contribution in [2.24, 2.45) is 0 Å². The van der Waals surface area contributed by atoms with Crippen LogP contribution in [0.15, 0.2) is 24.3 Å². The van der Waals surface area contributed by atoms with Crippen LogP contribution in [0.3, 0.4) is 0 Å². The minimum atomic E-state index is -0.748. The third kappa shape index (κ3) is 6.67. The van der Waals surface area contributed by atoms with E-state index >= 15 is 0 Å². The minimum absolute atomic E-state index is 0.124. The van der Waals surface area contributed by atoms with E-state index in [9.17, 15) is 4.79 Å². The van der Waals surface area contributed by atoms with Gasteiger partial charge >= 0.3 is 5.97 Å². The van der Waals surface area contributed by atoms with Gasteiger partial charge in [0.05, 0.1) is 13.2 Å². The van der Waals surface area contributed by atoms with Gasteiger partial charge < -0.3 is 9.84 Å². The largest absolute Gasteiger partial charge is 0.493 e. The van der Waals surface area contributed by atoms with Gasteiger partial charge in [0.2, 0.25) is 0 Å². The number of aliphatic carboxylic acids is 1. The van der Waals surface area contributed by atoms with Crippen molar-refractivity contribution in [3.05, 3.63) is 29.8 Å². The zero-order valence-electron chi connectivity index (χ0n) is 15.6. The first kappa shape index (κ1) is 19.7. The number of para-hydroxylation sites is 1. The molecule has 140 valence electrons. The predicted octanol–water partition coefficient (Wildman–Crippen LogP) is 3.24. The summed E-state index contributed by atoms with van der Waals surface area (Å²) in [6, 6.07) is 8.68. The number of carboxylic acids is 1. The molecule has 1 aliphatic rings. The van der Waals surface area contributed by atoms with Gasteiger partial charge in [-0.15, -0.1) is 0 Å². The number of carbonyl (C=O) groups is 1. The lowest BCUT2D eigenvalue weighted by atomic mass is 10.1. The fraction of sp³-hybridized carbons (Fsp3) is 0.650. The van der Waals surface area contributed by atoms with Crippen molar-refractivity contribution in [2.75, 3.05) is 33.3 Å². The van der Waals surface area contributed by atoms with E-state index in [0.29, 0.717) is 6.04 Å². The Kier molecular flexibility index (Phi) is 8.22. The van der Waals surface area contributed by atoms with Gasteiger partial charge in [-0.2, -0.15) is 0 Å². The number of benzene rings is 1. The van der Waals surface area contributed by atoms with Crippen molar-refractivity contribution in [1.29, 1.82) is 0 Å². The molecule has 1 aromatic rings. The van der Waals surface area contributed by atoms with Crippen molar-refractivity contribution in [1.82, 2.24) is 9.80 Å². The van der Waals surface area contributed by atoms with Gasteiger partial charge in [-0.1, -0.05) is 31.5 Å². The predicted molar refractivity (Wildman–Crippen MR) is 100 cm³/mol. The van der Waals surface area contributed by atoms with Crippen LogP contribution >= 0.6 is 0 Å². The van der Waals surface area contributed by atoms with Gasteiger partial charge in [-0.05, 0) is 51.9 Å². The Bertz CT molecular complexity index is 535. The Hall–Kier alpha value is -1.59. The molecule has 0 radical (unpaired) electrons. The number of rotatable bonds is 9. The number of likely N-dealkylation sites (tertiary alicyclic amines) is 1. The van der Waals surface area contributed by atoms with Crippen molar-refractivity contribution >= 4 is 5.97 Å². The van der Waals surface area contributed by atoms with Crippen LogP contribution in [-0.4, -0.2) is 60.2 Å². The monoisotopic (exact) mass is 348 g/mol. The summed E-state index contributed by atoms with van der Waals surface area (Å²) >= 11 is 0. The number of carboxylic acid groups (broad SMARTS) is 1. The van der Waals surface area contributed by atoms with Gasteiger partial charge in [0.25, 0.3) is 0 Å². The lowest BCUT2D eigenvalue weighted by molar-refractivity contribution is -0.138. The number of ether oxygens (including phenoxy) is 1. The Morgan fingerprint density at radius 2 is 2.12 bits per heavy atom. The summed E-state index contributed by atoms with van der Waals surface area (Å²) in [5.74, 6) is 0.251. The molecular weight excluding hydrogens is 316 g/mol. The van der Waals surface area contributed by atoms with Gasteiger partial charge in [0.15, 0.2) is 0 Å². The van der Waals surface area contributed by atoms with Gasteiger partial charge in [0, 0.05) is 18.2 Å². The molecule has 1 aliphatic heterocycles. The van der Waals surface area contributed by atoms with E-state index in [1.54, 1.807) is 0 Å². The van der Waals surface area contributed by atoms with E-state index in [0.717, 1.165) is 64.1 Å². The molecule has 1 heterocycles. The first-order chi connectivity index (χ1) is 12.1. The summed E-state index contributed by atoms with van der Waals surface area (Å²) in [6.07, 6.45) is 5.40. The molecule has 5 heteroatoms. The summed E-state index contributed by atoms with van der Waals surface area (Å²) in [5.41, 5.74) is 1.25. The molecule has 0 bridgehead atoms. The third-order valence-corrected chi connectivity index (χ3v) is 4.92. The number of hydrogen-bond acceptors (Lipinski definition) is 4. The first-order valence-corrected chi connectivity index (χ1v) is 9.45. The third-order valence-electron chi connectivity index (χ3n) is 4.92. The molecule has 1 atom stereocenters. The highest BCUT2D eigenvalue weighted by Gasteiger charge is 2.22. The lowest BCUT2D eigenvalue weighted by Crippen LogP contribution is -2.36. The first-order valence-electron chi connectivity index (χ1n) is 9.45. The second kappa shape index (κ2) is 10.4. The second-order valence-electron chi connectivity index (χ2n) is 6.98. The highest BCUT2D eigenvalue weighted by molar-refractivity contribution is 5.69. The van der Waals surface area contributed by atoms with Crippen LogP contribution in [0.25, 0.3) is 0 Å². The highest BCUT2D eigenvalue weighted by Crippen LogP contribution is 2.23. The smallest absolute Gasteiger partial charge is 0.317 e. The second-order valence-corrected chi connectivity index (χ2v) is 6.98. The van der Waals surface area contributed by atoms with E-state index in [-0.39, 0.29) is 6.54 Å². The van der Waals surface area contributed by atoms with Crippen LogP contribution in [-0.2, 0) is 11.3 Å². The standard InChI is InChI=1S/C20H32N2O3/c1-3-4-14-25-19-10-6-5-8-17(19)15-22-12-7-9-18(11-13-22)21(2)16-20(23)24/h5-6,8,10,18H,3-4,7,9,11-16H2,1-2H3,(H,23,24). The fourth-order valence-electron chi connectivity index (χ4n) is 3.42. The molecule has 0 saturated carbocycles. The zero-order valence-corrected chi connectivity index (χ0v) is 15.6. The Balaban J connectivity index is 1.90. The molecule has 1 aromatic carbocycles. The quantitative estimate of drug-likeness (QED) is 0.694. The summed E-state index contributed by atoms with van der Waals surface area (Å²) in [5, 5.41) is 8.98. The van der Waals surface area contributed by atoms with Crippen molar-refractivity contribution in [3.63, 3.8) is 0 Å². The molecule has 0 amide bonds. The van der Waals surface area contributed by atoms with Crippen LogP contribution in [0.5, 0.6) is 5.75 Å². The minimum Gasteiger partial charge on any atom is -0.493 e.